The van der Waals surface area contributed by atoms with E-state index in [1.807, 2.05) is 0 Å². The first-order valence-corrected chi connectivity index (χ1v) is 11.8. The number of nitrogens with zero attached hydrogens (tertiary/aromatic N) is 4. The summed E-state index contributed by atoms with van der Waals surface area (Å²) < 4.78 is 8.77. The van der Waals surface area contributed by atoms with Gasteiger partial charge in [-0.2, -0.15) is 0 Å². The molecular formula is C30H32N4+2. The molecule has 2 heterocycles. The lowest BCUT2D eigenvalue weighted by Crippen LogP contribution is -2.30. The van der Waals surface area contributed by atoms with E-state index in [1.165, 1.54) is 44.8 Å². The van der Waals surface area contributed by atoms with Gasteiger partial charge in [-0.3, -0.25) is 0 Å². The molecule has 5 aromatic rings. The molecule has 0 fully saturated rings. The topological polar surface area (TPSA) is 17.6 Å². The average molecular weight is 449 g/mol. The molecule has 0 aliphatic heterocycles. The van der Waals surface area contributed by atoms with Crippen molar-refractivity contribution in [2.75, 3.05) is 0 Å². The van der Waals surface area contributed by atoms with E-state index in [1.54, 1.807) is 0 Å². The Morgan fingerprint density at radius 2 is 0.912 bits per heavy atom. The zero-order chi connectivity index (χ0) is 24.0. The highest BCUT2D eigenvalue weighted by Crippen LogP contribution is 2.19. The Labute approximate surface area is 202 Å². The van der Waals surface area contributed by atoms with Gasteiger partial charge in [0.15, 0.2) is 0 Å². The summed E-state index contributed by atoms with van der Waals surface area (Å²) in [6.07, 6.45) is 12.8. The molecule has 0 unspecified atom stereocenters. The zero-order valence-electron chi connectivity index (χ0n) is 20.9. The molecule has 3 aromatic carbocycles. The van der Waals surface area contributed by atoms with E-state index in [0.29, 0.717) is 0 Å². The molecule has 0 spiro atoms. The van der Waals surface area contributed by atoms with Crippen LogP contribution in [0.4, 0.5) is 0 Å². The van der Waals surface area contributed by atoms with Crippen LogP contribution in [0.25, 0.3) is 22.7 Å². The highest BCUT2D eigenvalue weighted by molar-refractivity contribution is 5.46. The van der Waals surface area contributed by atoms with E-state index >= 15 is 0 Å². The van der Waals surface area contributed by atoms with Gasteiger partial charge in [-0.1, -0.05) is 41.5 Å². The maximum atomic E-state index is 2.24. The van der Waals surface area contributed by atoms with Crippen LogP contribution in [-0.4, -0.2) is 9.13 Å². The molecule has 170 valence electrons. The lowest BCUT2D eigenvalue weighted by Gasteiger charge is -2.07. The Kier molecular flexibility index (Phi) is 5.45. The van der Waals surface area contributed by atoms with E-state index in [4.69, 9.17) is 0 Å². The summed E-state index contributed by atoms with van der Waals surface area (Å²) in [6.45, 7) is 13.0. The largest absolute Gasteiger partial charge is 0.254 e. The molecule has 4 nitrogen and oxygen atoms in total. The molecule has 0 amide bonds. The number of aromatic nitrogens is 4. The second kappa shape index (κ2) is 8.45. The zero-order valence-corrected chi connectivity index (χ0v) is 20.9. The predicted molar refractivity (Wildman–Crippen MR) is 137 cm³/mol. The Hall–Kier alpha value is -3.92. The van der Waals surface area contributed by atoms with E-state index in [-0.39, 0.29) is 0 Å². The lowest BCUT2D eigenvalue weighted by molar-refractivity contribution is -0.595. The van der Waals surface area contributed by atoms with Crippen LogP contribution in [0.5, 0.6) is 0 Å². The molecular weight excluding hydrogens is 416 g/mol. The van der Waals surface area contributed by atoms with Crippen molar-refractivity contribution in [3.8, 4) is 22.7 Å². The fourth-order valence-corrected chi connectivity index (χ4v) is 5.25. The number of hydrogen-bond donors (Lipinski definition) is 0. The normalized spacial score (nSPS) is 11.2. The van der Waals surface area contributed by atoms with Gasteiger partial charge < -0.3 is 0 Å². The molecule has 34 heavy (non-hydrogen) atoms. The maximum Gasteiger partial charge on any atom is 0.254 e. The van der Waals surface area contributed by atoms with Gasteiger partial charge in [-0.25, -0.2) is 18.3 Å². The minimum atomic E-state index is 1.13. The Morgan fingerprint density at radius 1 is 0.529 bits per heavy atom. The summed E-state index contributed by atoms with van der Waals surface area (Å²) in [6, 6.07) is 17.6. The van der Waals surface area contributed by atoms with Crippen LogP contribution < -0.4 is 9.13 Å². The molecule has 4 heteroatoms. The lowest BCUT2D eigenvalue weighted by atomic mass is 10.1. The molecule has 5 rings (SSSR count). The smallest absolute Gasteiger partial charge is 0.202 e. The van der Waals surface area contributed by atoms with Crippen LogP contribution in [0, 0.1) is 41.5 Å². The first-order valence-electron chi connectivity index (χ1n) is 11.8. The van der Waals surface area contributed by atoms with Crippen molar-refractivity contribution >= 4 is 0 Å². The van der Waals surface area contributed by atoms with Gasteiger partial charge in [-0.15, -0.1) is 0 Å². The minimum Gasteiger partial charge on any atom is -0.202 e. The van der Waals surface area contributed by atoms with E-state index in [2.05, 4.69) is 146 Å². The molecule has 0 saturated carbocycles. The third kappa shape index (κ3) is 3.96. The van der Waals surface area contributed by atoms with Crippen molar-refractivity contribution in [1.82, 2.24) is 9.13 Å². The molecule has 0 atom stereocenters. The third-order valence-electron chi connectivity index (χ3n) is 6.49. The van der Waals surface area contributed by atoms with Gasteiger partial charge in [0.1, 0.15) is 47.5 Å². The summed E-state index contributed by atoms with van der Waals surface area (Å²) >= 11 is 0. The summed E-state index contributed by atoms with van der Waals surface area (Å²) in [4.78, 5) is 0. The highest BCUT2D eigenvalue weighted by Gasteiger charge is 2.17. The molecule has 0 N–H and O–H groups in total. The van der Waals surface area contributed by atoms with E-state index in [0.717, 1.165) is 11.4 Å². The summed E-state index contributed by atoms with van der Waals surface area (Å²) in [5, 5.41) is 0. The molecule has 0 saturated heterocycles. The number of imidazole rings is 2. The Morgan fingerprint density at radius 3 is 1.29 bits per heavy atom. The fourth-order valence-electron chi connectivity index (χ4n) is 5.25. The van der Waals surface area contributed by atoms with Crippen LogP contribution in [0.1, 0.15) is 33.4 Å². The van der Waals surface area contributed by atoms with Crippen LogP contribution in [-0.2, 0) is 0 Å². The van der Waals surface area contributed by atoms with Crippen molar-refractivity contribution in [3.63, 3.8) is 0 Å². The minimum absolute atomic E-state index is 1.13. The standard InChI is InChI=1S/C30H32N4/c1-21-14-23(3)29(24(4)15-21)33-12-10-31(19-33)27-8-7-9-28(18-27)32-11-13-34(20-32)30-25(5)16-22(2)17-26(30)6/h7-20H,1-6H3/q+2. The SMILES string of the molecule is Cc1cc(C)c(-[n+]2ccn(-c3cccc(-n4cc[n+](-c5c(C)cc(C)cc5C)c4)c3)c2)c(C)c1. The van der Waals surface area contributed by atoms with Gasteiger partial charge in [0, 0.05) is 6.07 Å². The second-order valence-electron chi connectivity index (χ2n) is 9.47. The molecule has 0 aliphatic carbocycles. The first kappa shape index (κ1) is 21.9. The monoisotopic (exact) mass is 448 g/mol. The number of aryl methyl sites for hydroxylation is 6. The fraction of sp³-hybridized carbons (Fsp3) is 0.200. The summed E-state index contributed by atoms with van der Waals surface area (Å²) in [5.74, 6) is 0. The van der Waals surface area contributed by atoms with Crippen LogP contribution >= 0.6 is 0 Å². The summed E-state index contributed by atoms with van der Waals surface area (Å²) in [7, 11) is 0. The molecule has 0 radical (unpaired) electrons. The quantitative estimate of drug-likeness (QED) is 0.315. The molecule has 0 aliphatic rings. The number of rotatable bonds is 4. The van der Waals surface area contributed by atoms with Crippen LogP contribution in [0.15, 0.2) is 86.0 Å². The molecule has 0 bridgehead atoms. The Bertz CT molecular complexity index is 1360. The van der Waals surface area contributed by atoms with Crippen LogP contribution in [0.3, 0.4) is 0 Å². The number of benzene rings is 3. The summed E-state index contributed by atoms with van der Waals surface area (Å²) in [5.41, 5.74) is 12.5. The van der Waals surface area contributed by atoms with Gasteiger partial charge in [0.25, 0.3) is 12.7 Å². The van der Waals surface area contributed by atoms with Crippen molar-refractivity contribution in [3.05, 3.63) is 119 Å². The van der Waals surface area contributed by atoms with E-state index < -0.39 is 0 Å². The second-order valence-corrected chi connectivity index (χ2v) is 9.47. The first-order chi connectivity index (χ1) is 16.3. The maximum absolute atomic E-state index is 2.24. The van der Waals surface area contributed by atoms with Gasteiger partial charge in [0.2, 0.25) is 0 Å². The predicted octanol–water partition coefficient (Wildman–Crippen LogP) is 5.67. The van der Waals surface area contributed by atoms with Crippen molar-refractivity contribution in [2.24, 2.45) is 0 Å². The third-order valence-corrected chi connectivity index (χ3v) is 6.49. The highest BCUT2D eigenvalue weighted by atomic mass is 15.1. The molecule has 2 aromatic heterocycles. The van der Waals surface area contributed by atoms with Crippen LogP contribution in [0.2, 0.25) is 0 Å². The van der Waals surface area contributed by atoms with Gasteiger partial charge in [-0.05, 0) is 75.9 Å². The van der Waals surface area contributed by atoms with Crippen molar-refractivity contribution in [1.29, 1.82) is 0 Å². The van der Waals surface area contributed by atoms with Gasteiger partial charge >= 0.3 is 0 Å². The van der Waals surface area contributed by atoms with Crippen molar-refractivity contribution in [2.45, 2.75) is 41.5 Å². The number of hydrogen-bond acceptors (Lipinski definition) is 0. The van der Waals surface area contributed by atoms with Crippen molar-refractivity contribution < 1.29 is 9.13 Å². The Balaban J connectivity index is 1.49. The van der Waals surface area contributed by atoms with E-state index in [9.17, 15) is 0 Å². The average Bonchev–Trinajstić information content (AvgIpc) is 3.43. The van der Waals surface area contributed by atoms with Gasteiger partial charge in [0.05, 0.1) is 0 Å².